The molecule has 0 aliphatic heterocycles. The molecule has 1 aromatic rings. The van der Waals surface area contributed by atoms with Crippen LogP contribution in [0.4, 0.5) is 13.2 Å². The van der Waals surface area contributed by atoms with Gasteiger partial charge in [-0.05, 0) is 12.1 Å². The largest absolute Gasteiger partial charge is 0.368 e. The third kappa shape index (κ3) is 3.18. The second-order valence-corrected chi connectivity index (χ2v) is 4.63. The lowest BCUT2D eigenvalue weighted by Gasteiger charge is -2.07. The molecule has 18 heavy (non-hydrogen) atoms. The molecule has 0 atom stereocenters. The van der Waals surface area contributed by atoms with E-state index < -0.39 is 44.9 Å². The van der Waals surface area contributed by atoms with Gasteiger partial charge in [0.2, 0.25) is 5.91 Å². The molecular formula is C8H7F3N2O4S. The molecule has 0 saturated heterocycles. The quantitative estimate of drug-likeness (QED) is 0.578. The zero-order valence-electron chi connectivity index (χ0n) is 8.61. The van der Waals surface area contributed by atoms with E-state index in [1.807, 2.05) is 0 Å². The van der Waals surface area contributed by atoms with Crippen molar-refractivity contribution in [1.82, 2.24) is 4.89 Å². The predicted molar refractivity (Wildman–Crippen MR) is 51.8 cm³/mol. The number of nitrogens with one attached hydrogen (secondary N) is 1. The highest BCUT2D eigenvalue weighted by atomic mass is 32.2. The summed E-state index contributed by atoms with van der Waals surface area (Å²) in [6.07, 6.45) is 0. The van der Waals surface area contributed by atoms with Crippen LogP contribution >= 0.6 is 0 Å². The van der Waals surface area contributed by atoms with Crippen LogP contribution in [0.5, 0.6) is 0 Å². The van der Waals surface area contributed by atoms with Crippen LogP contribution in [0.3, 0.4) is 0 Å². The smallest absolute Gasteiger partial charge is 0.265 e. The van der Waals surface area contributed by atoms with Gasteiger partial charge in [-0.25, -0.2) is 21.6 Å². The topological polar surface area (TPSA) is 98.5 Å². The third-order valence-corrected chi connectivity index (χ3v) is 2.90. The number of carbonyl (C=O) groups excluding carboxylic acids is 1. The Kier molecular flexibility index (Phi) is 4.27. The first kappa shape index (κ1) is 14.4. The Morgan fingerprint density at radius 3 is 2.44 bits per heavy atom. The fourth-order valence-electron chi connectivity index (χ4n) is 0.939. The number of sulfonamides is 1. The van der Waals surface area contributed by atoms with E-state index in [1.54, 1.807) is 0 Å². The van der Waals surface area contributed by atoms with Gasteiger partial charge in [0.15, 0.2) is 17.5 Å². The summed E-state index contributed by atoms with van der Waals surface area (Å²) in [5.74, 6) is -6.36. The van der Waals surface area contributed by atoms with Gasteiger partial charge in [0.25, 0.3) is 10.0 Å². The zero-order chi connectivity index (χ0) is 13.9. The van der Waals surface area contributed by atoms with Gasteiger partial charge >= 0.3 is 0 Å². The van der Waals surface area contributed by atoms with Crippen molar-refractivity contribution < 1.29 is 31.2 Å². The number of amides is 1. The first-order valence-electron chi connectivity index (χ1n) is 4.31. The number of hydrogen-bond acceptors (Lipinski definition) is 4. The molecule has 6 nitrogen and oxygen atoms in total. The maximum atomic E-state index is 13.2. The Morgan fingerprint density at radius 2 is 1.89 bits per heavy atom. The van der Waals surface area contributed by atoms with Gasteiger partial charge in [-0.15, -0.1) is 0 Å². The van der Waals surface area contributed by atoms with Gasteiger partial charge in [0.05, 0.1) is 0 Å². The first-order chi connectivity index (χ1) is 8.25. The molecular weight excluding hydrogens is 277 g/mol. The lowest BCUT2D eigenvalue weighted by molar-refractivity contribution is -0.123. The molecule has 100 valence electrons. The van der Waals surface area contributed by atoms with Gasteiger partial charge in [0.1, 0.15) is 11.5 Å². The molecule has 1 rings (SSSR count). The monoisotopic (exact) mass is 284 g/mol. The fourth-order valence-corrected chi connectivity index (χ4v) is 1.82. The van der Waals surface area contributed by atoms with Gasteiger partial charge in [0, 0.05) is 0 Å². The highest BCUT2D eigenvalue weighted by Gasteiger charge is 2.24. The second kappa shape index (κ2) is 5.33. The van der Waals surface area contributed by atoms with Crippen molar-refractivity contribution >= 4 is 15.9 Å². The lowest BCUT2D eigenvalue weighted by atomic mass is 10.3. The SMILES string of the molecule is NC(=O)CONS(=O)(=O)c1ccc(F)c(F)c1F. The van der Waals surface area contributed by atoms with Crippen LogP contribution in [-0.4, -0.2) is 20.9 Å². The van der Waals surface area contributed by atoms with E-state index in [9.17, 15) is 26.4 Å². The van der Waals surface area contributed by atoms with Crippen molar-refractivity contribution in [1.29, 1.82) is 0 Å². The summed E-state index contributed by atoms with van der Waals surface area (Å²) < 4.78 is 61.3. The summed E-state index contributed by atoms with van der Waals surface area (Å²) in [5.41, 5.74) is 4.65. The van der Waals surface area contributed by atoms with E-state index in [1.165, 1.54) is 4.89 Å². The summed E-state index contributed by atoms with van der Waals surface area (Å²) in [6, 6.07) is 0.935. The minimum absolute atomic E-state index is 0.432. The van der Waals surface area contributed by atoms with E-state index in [0.717, 1.165) is 0 Å². The standard InChI is InChI=1S/C8H7F3N2O4S/c9-4-1-2-5(8(11)7(4)10)18(15,16)13-17-3-6(12)14/h1-2,13H,3H2,(H2,12,14). The lowest BCUT2D eigenvalue weighted by Crippen LogP contribution is -2.30. The number of benzene rings is 1. The molecule has 0 aliphatic carbocycles. The van der Waals surface area contributed by atoms with E-state index in [2.05, 4.69) is 10.6 Å². The number of primary amides is 1. The maximum absolute atomic E-state index is 13.2. The highest BCUT2D eigenvalue weighted by molar-refractivity contribution is 7.89. The van der Waals surface area contributed by atoms with Gasteiger partial charge in [-0.3, -0.25) is 9.63 Å². The number of nitrogens with two attached hydrogens (primary N) is 1. The predicted octanol–water partition coefficient (Wildman–Crippen LogP) is -0.201. The van der Waals surface area contributed by atoms with E-state index in [4.69, 9.17) is 0 Å². The minimum atomic E-state index is -4.59. The summed E-state index contributed by atoms with van der Waals surface area (Å²) >= 11 is 0. The molecule has 0 radical (unpaired) electrons. The Labute approximate surface area is 99.5 Å². The van der Waals surface area contributed by atoms with Crippen LogP contribution in [0.1, 0.15) is 0 Å². The molecule has 1 amide bonds. The van der Waals surface area contributed by atoms with Crippen molar-refractivity contribution in [3.8, 4) is 0 Å². The second-order valence-electron chi connectivity index (χ2n) is 3.02. The third-order valence-electron chi connectivity index (χ3n) is 1.67. The van der Waals surface area contributed by atoms with Crippen LogP contribution in [0.25, 0.3) is 0 Å². The fraction of sp³-hybridized carbons (Fsp3) is 0.125. The van der Waals surface area contributed by atoms with Gasteiger partial charge in [-0.1, -0.05) is 4.89 Å². The van der Waals surface area contributed by atoms with Crippen LogP contribution < -0.4 is 10.6 Å². The van der Waals surface area contributed by atoms with E-state index in [-0.39, 0.29) is 0 Å². The molecule has 0 spiro atoms. The molecule has 0 bridgehead atoms. The Hall–Kier alpha value is -1.65. The summed E-state index contributed by atoms with van der Waals surface area (Å²) in [5, 5.41) is 0. The Morgan fingerprint density at radius 1 is 1.28 bits per heavy atom. The minimum Gasteiger partial charge on any atom is -0.368 e. The molecule has 0 heterocycles. The molecule has 0 unspecified atom stereocenters. The van der Waals surface area contributed by atoms with E-state index in [0.29, 0.717) is 12.1 Å². The van der Waals surface area contributed by atoms with Crippen molar-refractivity contribution in [2.75, 3.05) is 6.61 Å². The van der Waals surface area contributed by atoms with Crippen LogP contribution in [0.2, 0.25) is 0 Å². The van der Waals surface area contributed by atoms with Crippen LogP contribution in [-0.2, 0) is 19.7 Å². The van der Waals surface area contributed by atoms with Gasteiger partial charge < -0.3 is 5.73 Å². The summed E-state index contributed by atoms with van der Waals surface area (Å²) in [4.78, 5) is 14.6. The van der Waals surface area contributed by atoms with Crippen molar-refractivity contribution in [3.05, 3.63) is 29.6 Å². The number of rotatable bonds is 5. The normalized spacial score (nSPS) is 11.5. The average molecular weight is 284 g/mol. The van der Waals surface area contributed by atoms with Crippen molar-refractivity contribution in [2.45, 2.75) is 4.90 Å². The Balaban J connectivity index is 2.99. The number of carbonyl (C=O) groups is 1. The van der Waals surface area contributed by atoms with Crippen LogP contribution in [0.15, 0.2) is 17.0 Å². The van der Waals surface area contributed by atoms with Crippen molar-refractivity contribution in [3.63, 3.8) is 0 Å². The summed E-state index contributed by atoms with van der Waals surface area (Å²) in [6.45, 7) is -0.801. The Bertz CT molecular complexity index is 576. The molecule has 0 aliphatic rings. The molecule has 10 heteroatoms. The molecule has 0 saturated carbocycles. The van der Waals surface area contributed by atoms with E-state index >= 15 is 0 Å². The van der Waals surface area contributed by atoms with Gasteiger partial charge in [-0.2, -0.15) is 0 Å². The molecule has 3 N–H and O–H groups in total. The number of halogens is 3. The number of hydrogen-bond donors (Lipinski definition) is 2. The first-order valence-corrected chi connectivity index (χ1v) is 5.79. The highest BCUT2D eigenvalue weighted by Crippen LogP contribution is 2.19. The maximum Gasteiger partial charge on any atom is 0.265 e. The van der Waals surface area contributed by atoms with Crippen molar-refractivity contribution in [2.24, 2.45) is 5.73 Å². The van der Waals surface area contributed by atoms with Crippen LogP contribution in [0, 0.1) is 17.5 Å². The zero-order valence-corrected chi connectivity index (χ0v) is 9.43. The average Bonchev–Trinajstić information content (AvgIpc) is 2.24. The summed E-state index contributed by atoms with van der Waals surface area (Å²) in [7, 11) is -4.59. The molecule has 1 aromatic carbocycles. The molecule has 0 aromatic heterocycles. The molecule has 0 fully saturated rings.